The molecule has 2 atom stereocenters. The van der Waals surface area contributed by atoms with Crippen LogP contribution in [0.25, 0.3) is 0 Å². The Morgan fingerprint density at radius 1 is 1.21 bits per heavy atom. The van der Waals surface area contributed by atoms with Crippen molar-refractivity contribution in [2.45, 2.75) is 37.8 Å². The topological polar surface area (TPSA) is 176 Å². The quantitative estimate of drug-likeness (QED) is 0.255. The Hall–Kier alpha value is -2.46. The molecule has 0 aliphatic heterocycles. The first kappa shape index (κ1) is 19.6. The highest BCUT2D eigenvalue weighted by Crippen LogP contribution is 2.03. The lowest BCUT2D eigenvalue weighted by molar-refractivity contribution is -0.142. The number of carboxylic acids is 1. The van der Waals surface area contributed by atoms with Gasteiger partial charge in [-0.3, -0.25) is 9.59 Å². The molecule has 2 amide bonds. The number of nitrogens with zero attached hydrogens (tertiary/aromatic N) is 1. The molecule has 0 saturated heterocycles. The Labute approximate surface area is 139 Å². The second kappa shape index (κ2) is 10.3. The zero-order chi connectivity index (χ0) is 17.9. The molecule has 0 unspecified atom stereocenters. The summed E-state index contributed by atoms with van der Waals surface area (Å²) in [6.45, 7) is 0.175. The maximum Gasteiger partial charge on any atom is 0.326 e. The van der Waals surface area contributed by atoms with Crippen LogP contribution in [0.1, 0.15) is 25.1 Å². The first-order valence-corrected chi connectivity index (χ1v) is 7.68. The molecule has 0 aliphatic rings. The van der Waals surface area contributed by atoms with Gasteiger partial charge in [-0.2, -0.15) is 0 Å². The van der Waals surface area contributed by atoms with Gasteiger partial charge in [-0.1, -0.05) is 0 Å². The van der Waals surface area contributed by atoms with E-state index in [0.29, 0.717) is 25.2 Å². The summed E-state index contributed by atoms with van der Waals surface area (Å²) < 4.78 is 0. The fourth-order valence-electron chi connectivity index (χ4n) is 2.09. The fourth-order valence-corrected chi connectivity index (χ4v) is 2.09. The van der Waals surface area contributed by atoms with Crippen LogP contribution in [0, 0.1) is 0 Å². The number of imidazole rings is 1. The molecule has 8 N–H and O–H groups in total. The van der Waals surface area contributed by atoms with E-state index >= 15 is 0 Å². The van der Waals surface area contributed by atoms with Gasteiger partial charge in [-0.05, 0) is 25.8 Å². The zero-order valence-electron chi connectivity index (χ0n) is 13.3. The monoisotopic (exact) mass is 340 g/mol. The lowest BCUT2D eigenvalue weighted by Crippen LogP contribution is -2.53. The van der Waals surface area contributed by atoms with Gasteiger partial charge in [0.2, 0.25) is 11.8 Å². The van der Waals surface area contributed by atoms with Crippen LogP contribution in [-0.2, 0) is 20.8 Å². The number of nitrogens with one attached hydrogen (secondary N) is 3. The van der Waals surface area contributed by atoms with Crippen molar-refractivity contribution in [3.8, 4) is 0 Å². The first-order chi connectivity index (χ1) is 11.5. The zero-order valence-corrected chi connectivity index (χ0v) is 13.3. The van der Waals surface area contributed by atoms with Crippen molar-refractivity contribution in [1.29, 1.82) is 0 Å². The van der Waals surface area contributed by atoms with Gasteiger partial charge in [0, 0.05) is 18.8 Å². The molecule has 0 fully saturated rings. The average molecular weight is 340 g/mol. The number of H-pyrrole nitrogens is 1. The minimum Gasteiger partial charge on any atom is -0.480 e. The molecule has 0 radical (unpaired) electrons. The number of rotatable bonds is 11. The van der Waals surface area contributed by atoms with E-state index in [2.05, 4.69) is 20.6 Å². The lowest BCUT2D eigenvalue weighted by Gasteiger charge is -2.20. The van der Waals surface area contributed by atoms with E-state index in [1.165, 1.54) is 6.20 Å². The largest absolute Gasteiger partial charge is 0.480 e. The highest BCUT2D eigenvalue weighted by molar-refractivity contribution is 5.90. The molecule has 1 aromatic rings. The van der Waals surface area contributed by atoms with Crippen molar-refractivity contribution < 1.29 is 19.5 Å². The summed E-state index contributed by atoms with van der Waals surface area (Å²) in [4.78, 5) is 42.0. The molecule has 0 aromatic carbocycles. The molecule has 10 heteroatoms. The van der Waals surface area contributed by atoms with Crippen LogP contribution in [0.4, 0.5) is 0 Å². The smallest absolute Gasteiger partial charge is 0.326 e. The molecule has 134 valence electrons. The van der Waals surface area contributed by atoms with E-state index in [9.17, 15) is 19.5 Å². The van der Waals surface area contributed by atoms with Gasteiger partial charge in [0.05, 0.1) is 6.54 Å². The number of hydrogen-bond acceptors (Lipinski definition) is 6. The van der Waals surface area contributed by atoms with Crippen LogP contribution in [-0.4, -0.2) is 58.0 Å². The third kappa shape index (κ3) is 6.75. The van der Waals surface area contributed by atoms with E-state index in [-0.39, 0.29) is 19.4 Å². The van der Waals surface area contributed by atoms with Crippen molar-refractivity contribution in [2.24, 2.45) is 11.5 Å². The molecule has 0 saturated carbocycles. The van der Waals surface area contributed by atoms with E-state index < -0.39 is 29.9 Å². The van der Waals surface area contributed by atoms with Crippen LogP contribution < -0.4 is 22.1 Å². The maximum absolute atomic E-state index is 12.4. The van der Waals surface area contributed by atoms with Gasteiger partial charge in [0.25, 0.3) is 0 Å². The summed E-state index contributed by atoms with van der Waals surface area (Å²) in [5.74, 6) is -1.77. The van der Waals surface area contributed by atoms with Crippen LogP contribution in [0.2, 0.25) is 0 Å². The number of hydrogen-bond donors (Lipinski definition) is 6. The highest BCUT2D eigenvalue weighted by Gasteiger charge is 2.26. The molecule has 10 nitrogen and oxygen atoms in total. The number of aromatic nitrogens is 2. The molecule has 1 aromatic heterocycles. The van der Waals surface area contributed by atoms with Crippen LogP contribution >= 0.6 is 0 Å². The predicted octanol–water partition coefficient (Wildman–Crippen LogP) is -1.91. The van der Waals surface area contributed by atoms with Crippen LogP contribution in [0.15, 0.2) is 12.4 Å². The summed E-state index contributed by atoms with van der Waals surface area (Å²) in [5.41, 5.74) is 10.6. The Morgan fingerprint density at radius 2 is 1.96 bits per heavy atom. The molecule has 1 heterocycles. The molecular weight excluding hydrogens is 316 g/mol. The Balaban J connectivity index is 2.73. The molecular formula is C14H24N6O4. The molecule has 0 bridgehead atoms. The Kier molecular flexibility index (Phi) is 8.44. The lowest BCUT2D eigenvalue weighted by atomic mass is 10.1. The number of unbranched alkanes of at least 4 members (excludes halogenated alkanes) is 1. The van der Waals surface area contributed by atoms with Gasteiger partial charge in [-0.15, -0.1) is 0 Å². The number of nitrogens with two attached hydrogens (primary N) is 2. The molecule has 0 spiro atoms. The molecule has 24 heavy (non-hydrogen) atoms. The number of aromatic amines is 1. The number of amides is 2. The third-order valence-electron chi connectivity index (χ3n) is 3.35. The van der Waals surface area contributed by atoms with Gasteiger partial charge >= 0.3 is 5.97 Å². The molecule has 0 aliphatic carbocycles. The Morgan fingerprint density at radius 3 is 2.50 bits per heavy atom. The predicted molar refractivity (Wildman–Crippen MR) is 85.7 cm³/mol. The number of aliphatic carboxylic acids is 1. The van der Waals surface area contributed by atoms with Crippen LogP contribution in [0.5, 0.6) is 0 Å². The van der Waals surface area contributed by atoms with E-state index in [0.717, 1.165) is 0 Å². The second-order valence-corrected chi connectivity index (χ2v) is 5.25. The minimum atomic E-state index is -1.14. The van der Waals surface area contributed by atoms with E-state index in [1.807, 2.05) is 0 Å². The van der Waals surface area contributed by atoms with E-state index in [1.54, 1.807) is 6.20 Å². The SMILES string of the molecule is NCCCC[C@H](NC(=O)[C@H](Cc1ncc[nH]1)NC(=O)CN)C(=O)O. The number of carbonyl (C=O) groups excluding carboxylic acids is 2. The van der Waals surface area contributed by atoms with E-state index in [4.69, 9.17) is 11.5 Å². The maximum atomic E-state index is 12.4. The van der Waals surface area contributed by atoms with Crippen molar-refractivity contribution in [1.82, 2.24) is 20.6 Å². The first-order valence-electron chi connectivity index (χ1n) is 7.68. The number of carboxylic acid groups (broad SMARTS) is 1. The summed E-state index contributed by atoms with van der Waals surface area (Å²) in [6, 6.07) is -2.01. The number of carbonyl (C=O) groups is 3. The average Bonchev–Trinajstić information content (AvgIpc) is 3.06. The summed E-state index contributed by atoms with van der Waals surface area (Å²) in [7, 11) is 0. The summed E-state index contributed by atoms with van der Waals surface area (Å²) in [5, 5.41) is 14.1. The third-order valence-corrected chi connectivity index (χ3v) is 3.35. The van der Waals surface area contributed by atoms with Gasteiger partial charge in [0.1, 0.15) is 17.9 Å². The summed E-state index contributed by atoms with van der Waals surface area (Å²) in [6.07, 6.45) is 4.70. The van der Waals surface area contributed by atoms with Crippen molar-refractivity contribution in [3.05, 3.63) is 18.2 Å². The molecule has 1 rings (SSSR count). The summed E-state index contributed by atoms with van der Waals surface area (Å²) >= 11 is 0. The van der Waals surface area contributed by atoms with Crippen molar-refractivity contribution in [3.63, 3.8) is 0 Å². The highest BCUT2D eigenvalue weighted by atomic mass is 16.4. The van der Waals surface area contributed by atoms with Crippen LogP contribution in [0.3, 0.4) is 0 Å². The van der Waals surface area contributed by atoms with Crippen molar-refractivity contribution in [2.75, 3.05) is 13.1 Å². The Bertz CT molecular complexity index is 533. The minimum absolute atomic E-state index is 0.0969. The second-order valence-electron chi connectivity index (χ2n) is 5.25. The van der Waals surface area contributed by atoms with Gasteiger partial charge in [-0.25, -0.2) is 9.78 Å². The normalized spacial score (nSPS) is 13.1. The van der Waals surface area contributed by atoms with Gasteiger partial charge < -0.3 is 32.2 Å². The standard InChI is InChI=1S/C14H24N6O4/c15-4-2-1-3-9(14(23)24)20-13(22)10(19-12(21)8-16)7-11-17-5-6-18-11/h5-6,9-10H,1-4,7-8,15-16H2,(H,17,18)(H,19,21)(H,20,22)(H,23,24)/t9-,10-/m0/s1. The fraction of sp³-hybridized carbons (Fsp3) is 0.571. The van der Waals surface area contributed by atoms with Gasteiger partial charge in [0.15, 0.2) is 0 Å². The van der Waals surface area contributed by atoms with Crippen molar-refractivity contribution >= 4 is 17.8 Å².